The maximum absolute atomic E-state index is 13.4. The van der Waals surface area contributed by atoms with Crippen molar-refractivity contribution in [2.75, 3.05) is 89.6 Å². The number of anilines is 2. The van der Waals surface area contributed by atoms with Crippen molar-refractivity contribution in [1.29, 1.82) is 0 Å². The van der Waals surface area contributed by atoms with Crippen molar-refractivity contribution in [3.8, 4) is 17.2 Å². The monoisotopic (exact) mass is 945 g/mol. The van der Waals surface area contributed by atoms with Gasteiger partial charge in [0, 0.05) is 67.9 Å². The van der Waals surface area contributed by atoms with Crippen LogP contribution in [-0.4, -0.2) is 140 Å². The lowest BCUT2D eigenvalue weighted by molar-refractivity contribution is -0.136. The SMILES string of the molecule is O=C1CCC(N2C(=O)c3cccc(OCCOCCOCCN4CCN(Cc5ccc6cc(C(=O)Nc7cc(NC(=O)c8ccc9c(c8)OCCO9)ccc7Cl)ccc6n5)CC4)c3C2=O)C(=O)N1. The summed E-state index contributed by atoms with van der Waals surface area (Å²) in [4.78, 5) is 87.2. The largest absolute Gasteiger partial charge is 0.490 e. The maximum atomic E-state index is 13.4. The molecule has 352 valence electrons. The minimum atomic E-state index is -1.05. The van der Waals surface area contributed by atoms with Gasteiger partial charge in [-0.3, -0.25) is 53.8 Å². The molecular weight excluding hydrogens is 898 g/mol. The van der Waals surface area contributed by atoms with E-state index in [1.165, 1.54) is 6.07 Å². The van der Waals surface area contributed by atoms with E-state index in [-0.39, 0.29) is 54.7 Å². The van der Waals surface area contributed by atoms with Crippen LogP contribution in [-0.2, 0) is 25.6 Å². The second-order valence-corrected chi connectivity index (χ2v) is 16.9. The standard InChI is InChI=1S/C49H48ClN7O11/c50-36-9-8-33(52-45(59)32-6-12-40-42(27-32)68-25-24-66-40)28-38(36)53-46(60)31-5-10-37-30(26-31)4-7-34(51-37)29-56-16-14-55(15-17-56)18-19-64-20-21-65-22-23-67-41-3-1-2-35-44(41)49(63)57(48(35)62)39-11-13-43(58)54-47(39)61/h1-10,12,26-28,39H,11,13-25,29H2,(H,52,59)(H,53,60)(H,54,58,61). The van der Waals surface area contributed by atoms with Gasteiger partial charge >= 0.3 is 0 Å². The van der Waals surface area contributed by atoms with E-state index in [1.54, 1.807) is 60.7 Å². The summed E-state index contributed by atoms with van der Waals surface area (Å²) in [6, 6.07) is 22.9. The highest BCUT2D eigenvalue weighted by atomic mass is 35.5. The van der Waals surface area contributed by atoms with Crippen LogP contribution in [0.1, 0.15) is 60.0 Å². The van der Waals surface area contributed by atoms with Gasteiger partial charge in [0.1, 0.15) is 31.6 Å². The third-order valence-corrected chi connectivity index (χ3v) is 12.3. The first-order chi connectivity index (χ1) is 33.1. The minimum absolute atomic E-state index is 0.0443. The van der Waals surface area contributed by atoms with Crippen LogP contribution < -0.4 is 30.2 Å². The molecule has 0 bridgehead atoms. The van der Waals surface area contributed by atoms with E-state index >= 15 is 0 Å². The van der Waals surface area contributed by atoms with Crippen LogP contribution in [0.5, 0.6) is 17.2 Å². The number of nitrogens with zero attached hydrogens (tertiary/aromatic N) is 4. The average Bonchev–Trinajstić information content (AvgIpc) is 3.60. The summed E-state index contributed by atoms with van der Waals surface area (Å²) in [5.41, 5.74) is 3.61. The number of hydrogen-bond donors (Lipinski definition) is 3. The van der Waals surface area contributed by atoms with Crippen LogP contribution in [0.2, 0.25) is 5.02 Å². The lowest BCUT2D eigenvalue weighted by Crippen LogP contribution is -2.54. The number of imide groups is 2. The number of carbonyl (C=O) groups is 6. The Hall–Kier alpha value is -6.96. The van der Waals surface area contributed by atoms with E-state index in [0.29, 0.717) is 78.6 Å². The summed E-state index contributed by atoms with van der Waals surface area (Å²) < 4.78 is 28.4. The minimum Gasteiger partial charge on any atom is -0.490 e. The van der Waals surface area contributed by atoms with E-state index in [1.807, 2.05) is 18.2 Å². The van der Waals surface area contributed by atoms with Crippen molar-refractivity contribution in [1.82, 2.24) is 25.0 Å². The first kappa shape index (κ1) is 46.2. The summed E-state index contributed by atoms with van der Waals surface area (Å²) >= 11 is 6.45. The van der Waals surface area contributed by atoms with Crippen molar-refractivity contribution >= 4 is 69.3 Å². The van der Waals surface area contributed by atoms with E-state index in [2.05, 4.69) is 25.8 Å². The summed E-state index contributed by atoms with van der Waals surface area (Å²) in [5, 5.41) is 9.05. The average molecular weight is 946 g/mol. The summed E-state index contributed by atoms with van der Waals surface area (Å²) in [6.07, 6.45) is 0.122. The van der Waals surface area contributed by atoms with E-state index < -0.39 is 29.7 Å². The summed E-state index contributed by atoms with van der Waals surface area (Å²) in [5.74, 6) is -1.69. The molecule has 9 rings (SSSR count). The number of amides is 6. The van der Waals surface area contributed by atoms with Crippen molar-refractivity contribution < 1.29 is 52.5 Å². The zero-order chi connectivity index (χ0) is 47.1. The number of benzene rings is 4. The molecule has 1 unspecified atom stereocenters. The Morgan fingerprint density at radius 2 is 1.49 bits per heavy atom. The topological polar surface area (TPSA) is 207 Å². The lowest BCUT2D eigenvalue weighted by Gasteiger charge is -2.34. The highest BCUT2D eigenvalue weighted by Gasteiger charge is 2.46. The molecule has 19 heteroatoms. The number of carbonyl (C=O) groups excluding carboxylic acids is 6. The lowest BCUT2D eigenvalue weighted by atomic mass is 10.0. The second-order valence-electron chi connectivity index (χ2n) is 16.5. The number of halogens is 1. The van der Waals surface area contributed by atoms with Gasteiger partial charge in [0.2, 0.25) is 11.8 Å². The van der Waals surface area contributed by atoms with E-state index in [0.717, 1.165) is 54.2 Å². The van der Waals surface area contributed by atoms with Gasteiger partial charge in [0.15, 0.2) is 11.5 Å². The number of rotatable bonds is 17. The maximum Gasteiger partial charge on any atom is 0.266 e. The van der Waals surface area contributed by atoms with Crippen molar-refractivity contribution in [3.05, 3.63) is 118 Å². The summed E-state index contributed by atoms with van der Waals surface area (Å²) in [6.45, 7) is 7.60. The Morgan fingerprint density at radius 1 is 0.750 bits per heavy atom. The van der Waals surface area contributed by atoms with Crippen LogP contribution >= 0.6 is 11.6 Å². The molecule has 18 nitrogen and oxygen atoms in total. The van der Waals surface area contributed by atoms with Gasteiger partial charge in [-0.1, -0.05) is 23.7 Å². The predicted molar refractivity (Wildman–Crippen MR) is 248 cm³/mol. The van der Waals surface area contributed by atoms with Gasteiger partial charge in [-0.25, -0.2) is 0 Å². The van der Waals surface area contributed by atoms with Crippen molar-refractivity contribution in [2.24, 2.45) is 0 Å². The normalized spacial score (nSPS) is 17.2. The van der Waals surface area contributed by atoms with Crippen LogP contribution in [0, 0.1) is 0 Å². The molecule has 1 atom stereocenters. The number of piperazine rings is 1. The molecule has 2 saturated heterocycles. The fourth-order valence-corrected chi connectivity index (χ4v) is 8.57. The Balaban J connectivity index is 0.661. The number of fused-ring (bicyclic) bond motifs is 3. The molecule has 0 aliphatic carbocycles. The molecule has 4 aliphatic rings. The first-order valence-corrected chi connectivity index (χ1v) is 22.7. The molecule has 4 aliphatic heterocycles. The van der Waals surface area contributed by atoms with E-state index in [4.69, 9.17) is 40.3 Å². The molecule has 2 fully saturated rings. The molecular formula is C49H48ClN7O11. The number of hydrogen-bond acceptors (Lipinski definition) is 14. The molecule has 6 amide bonds. The molecule has 0 radical (unpaired) electrons. The van der Waals surface area contributed by atoms with E-state index in [9.17, 15) is 28.8 Å². The predicted octanol–water partition coefficient (Wildman–Crippen LogP) is 4.80. The van der Waals surface area contributed by atoms with Gasteiger partial charge in [-0.2, -0.15) is 0 Å². The number of nitrogens with one attached hydrogen (secondary N) is 3. The number of piperidine rings is 1. The van der Waals surface area contributed by atoms with Crippen molar-refractivity contribution in [2.45, 2.75) is 25.4 Å². The molecule has 4 aromatic carbocycles. The Bertz CT molecular complexity index is 2780. The van der Waals surface area contributed by atoms with Crippen LogP contribution in [0.15, 0.2) is 84.9 Å². The number of pyridine rings is 1. The third kappa shape index (κ3) is 10.6. The number of aromatic nitrogens is 1. The third-order valence-electron chi connectivity index (χ3n) is 12.0. The fraction of sp³-hybridized carbons (Fsp3) is 0.327. The number of ether oxygens (including phenoxy) is 5. The Labute approximate surface area is 395 Å². The zero-order valence-corrected chi connectivity index (χ0v) is 37.7. The van der Waals surface area contributed by atoms with Crippen molar-refractivity contribution in [3.63, 3.8) is 0 Å². The molecule has 0 saturated carbocycles. The van der Waals surface area contributed by atoms with Gasteiger partial charge in [-0.15, -0.1) is 0 Å². The highest BCUT2D eigenvalue weighted by Crippen LogP contribution is 2.34. The molecule has 5 aromatic rings. The quantitative estimate of drug-likeness (QED) is 0.0847. The second kappa shape index (κ2) is 20.9. The van der Waals surface area contributed by atoms with Gasteiger partial charge in [-0.05, 0) is 79.2 Å². The first-order valence-electron chi connectivity index (χ1n) is 22.4. The van der Waals surface area contributed by atoms with Crippen LogP contribution in [0.3, 0.4) is 0 Å². The zero-order valence-electron chi connectivity index (χ0n) is 36.9. The van der Waals surface area contributed by atoms with Gasteiger partial charge in [0.25, 0.3) is 23.6 Å². The Kier molecular flexibility index (Phi) is 14.2. The summed E-state index contributed by atoms with van der Waals surface area (Å²) in [7, 11) is 0. The van der Waals surface area contributed by atoms with Crippen LogP contribution in [0.4, 0.5) is 11.4 Å². The highest BCUT2D eigenvalue weighted by molar-refractivity contribution is 6.34. The van der Waals surface area contributed by atoms with Gasteiger partial charge in [0.05, 0.1) is 59.5 Å². The molecule has 5 heterocycles. The molecule has 3 N–H and O–H groups in total. The molecule has 0 spiro atoms. The van der Waals surface area contributed by atoms with Crippen LogP contribution in [0.25, 0.3) is 10.9 Å². The molecule has 68 heavy (non-hydrogen) atoms. The Morgan fingerprint density at radius 3 is 2.31 bits per heavy atom. The molecule has 1 aromatic heterocycles. The van der Waals surface area contributed by atoms with Gasteiger partial charge < -0.3 is 34.3 Å². The smallest absolute Gasteiger partial charge is 0.266 e. The fourth-order valence-electron chi connectivity index (χ4n) is 8.41.